The molecule has 1 aromatic heterocycles. The summed E-state index contributed by atoms with van der Waals surface area (Å²) in [5.41, 5.74) is 1.84. The zero-order valence-electron chi connectivity index (χ0n) is 15.5. The van der Waals surface area contributed by atoms with Crippen LogP contribution < -0.4 is 5.32 Å². The summed E-state index contributed by atoms with van der Waals surface area (Å²) in [6.45, 7) is 6.91. The molecule has 0 bridgehead atoms. The molecular weight excluding hydrogens is 332 g/mol. The molecule has 2 heterocycles. The number of carbonyl (C=O) groups is 2. The summed E-state index contributed by atoms with van der Waals surface area (Å²) < 4.78 is 6.04. The van der Waals surface area contributed by atoms with E-state index >= 15 is 0 Å². The van der Waals surface area contributed by atoms with Crippen LogP contribution in [-0.4, -0.2) is 35.1 Å². The van der Waals surface area contributed by atoms with Crippen LogP contribution in [0.5, 0.6) is 0 Å². The zero-order valence-corrected chi connectivity index (χ0v) is 15.5. The highest BCUT2D eigenvalue weighted by molar-refractivity contribution is 5.82. The highest BCUT2D eigenvalue weighted by Crippen LogP contribution is 2.33. The van der Waals surface area contributed by atoms with Crippen molar-refractivity contribution in [2.75, 3.05) is 13.1 Å². The first-order chi connectivity index (χ1) is 12.4. The number of carbonyl (C=O) groups excluding carboxylic acids is 1. The Morgan fingerprint density at radius 2 is 2.04 bits per heavy atom. The van der Waals surface area contributed by atoms with Crippen LogP contribution in [0.4, 0.5) is 4.79 Å². The summed E-state index contributed by atoms with van der Waals surface area (Å²) in [5, 5.41) is 13.3. The lowest BCUT2D eigenvalue weighted by Gasteiger charge is -2.32. The number of carboxylic acid groups (broad SMARTS) is 1. The van der Waals surface area contributed by atoms with Gasteiger partial charge in [-0.25, -0.2) is 4.79 Å². The molecule has 26 heavy (non-hydrogen) atoms. The number of furan rings is 1. The van der Waals surface area contributed by atoms with Crippen LogP contribution in [0.15, 0.2) is 28.7 Å². The van der Waals surface area contributed by atoms with Crippen molar-refractivity contribution >= 4 is 23.0 Å². The van der Waals surface area contributed by atoms with Gasteiger partial charge >= 0.3 is 12.0 Å². The number of hydrogen-bond acceptors (Lipinski definition) is 3. The number of urea groups is 1. The van der Waals surface area contributed by atoms with Crippen molar-refractivity contribution in [1.82, 2.24) is 10.2 Å². The molecule has 0 aliphatic carbocycles. The molecule has 2 amide bonds. The number of piperidine rings is 1. The number of para-hydroxylation sites is 1. The minimum absolute atomic E-state index is 0.137. The van der Waals surface area contributed by atoms with E-state index in [2.05, 4.69) is 5.32 Å². The molecule has 2 unspecified atom stereocenters. The predicted octanol–water partition coefficient (Wildman–Crippen LogP) is 3.94. The Morgan fingerprint density at radius 3 is 2.69 bits per heavy atom. The highest BCUT2D eigenvalue weighted by Gasteiger charge is 2.31. The quantitative estimate of drug-likeness (QED) is 0.867. The van der Waals surface area contributed by atoms with Crippen LogP contribution in [0.3, 0.4) is 0 Å². The second-order valence-corrected chi connectivity index (χ2v) is 7.38. The molecule has 1 aliphatic rings. The molecule has 1 aliphatic heterocycles. The van der Waals surface area contributed by atoms with Crippen molar-refractivity contribution in [3.05, 3.63) is 35.6 Å². The van der Waals surface area contributed by atoms with Gasteiger partial charge in [-0.3, -0.25) is 4.79 Å². The van der Waals surface area contributed by atoms with Gasteiger partial charge in [0.05, 0.1) is 12.0 Å². The van der Waals surface area contributed by atoms with Gasteiger partial charge in [0.15, 0.2) is 0 Å². The molecule has 0 radical (unpaired) electrons. The molecule has 0 saturated carbocycles. The molecule has 6 heteroatoms. The number of aliphatic carboxylic acids is 1. The number of nitrogens with zero attached hydrogens (tertiary/aromatic N) is 1. The minimum Gasteiger partial charge on any atom is -0.481 e. The molecule has 3 rings (SSSR count). The fourth-order valence-corrected chi connectivity index (χ4v) is 3.61. The summed E-state index contributed by atoms with van der Waals surface area (Å²) in [6.07, 6.45) is 1.33. The predicted molar refractivity (Wildman–Crippen MR) is 99.0 cm³/mol. The molecule has 2 atom stereocenters. The Balaban J connectivity index is 1.81. The topological polar surface area (TPSA) is 82.8 Å². The molecule has 140 valence electrons. The third kappa shape index (κ3) is 3.54. The van der Waals surface area contributed by atoms with Crippen LogP contribution in [0.2, 0.25) is 0 Å². The monoisotopic (exact) mass is 358 g/mol. The van der Waals surface area contributed by atoms with E-state index in [1.807, 2.05) is 45.0 Å². The van der Waals surface area contributed by atoms with E-state index in [1.54, 1.807) is 4.90 Å². The SMILES string of the molecule is Cc1c(C(NC(=O)N2CCCC(C(=O)O)C2)C(C)C)oc2ccccc12. The Labute approximate surface area is 153 Å². The molecule has 0 spiro atoms. The molecule has 1 saturated heterocycles. The van der Waals surface area contributed by atoms with Crippen molar-refractivity contribution in [1.29, 1.82) is 0 Å². The maximum Gasteiger partial charge on any atom is 0.318 e. The molecule has 2 aromatic rings. The van der Waals surface area contributed by atoms with E-state index in [0.717, 1.165) is 22.3 Å². The van der Waals surface area contributed by atoms with E-state index in [4.69, 9.17) is 4.42 Å². The molecule has 1 fully saturated rings. The average molecular weight is 358 g/mol. The summed E-state index contributed by atoms with van der Waals surface area (Å²) >= 11 is 0. The standard InChI is InChI=1S/C20H26N2O4/c1-12(2)17(18-13(3)15-8-4-5-9-16(15)26-18)21-20(25)22-10-6-7-14(11-22)19(23)24/h4-5,8-9,12,14,17H,6-7,10-11H2,1-3H3,(H,21,25)(H,23,24). The first kappa shape index (κ1) is 18.3. The van der Waals surface area contributed by atoms with Gasteiger partial charge in [0.1, 0.15) is 11.3 Å². The number of benzene rings is 1. The summed E-state index contributed by atoms with van der Waals surface area (Å²) in [4.78, 5) is 25.6. The number of hydrogen-bond donors (Lipinski definition) is 2. The number of fused-ring (bicyclic) bond motifs is 1. The van der Waals surface area contributed by atoms with Crippen molar-refractivity contribution < 1.29 is 19.1 Å². The smallest absolute Gasteiger partial charge is 0.318 e. The number of carboxylic acids is 1. The molecule has 1 aromatic carbocycles. The summed E-state index contributed by atoms with van der Waals surface area (Å²) in [7, 11) is 0. The van der Waals surface area contributed by atoms with Crippen molar-refractivity contribution in [2.45, 2.75) is 39.7 Å². The van der Waals surface area contributed by atoms with Gasteiger partial charge in [0.25, 0.3) is 0 Å². The number of rotatable bonds is 4. The maximum atomic E-state index is 12.8. The summed E-state index contributed by atoms with van der Waals surface area (Å²) in [6, 6.07) is 7.34. The van der Waals surface area contributed by atoms with E-state index in [1.165, 1.54) is 0 Å². The molecular formula is C20H26N2O4. The Hall–Kier alpha value is -2.50. The van der Waals surface area contributed by atoms with Crippen LogP contribution in [-0.2, 0) is 4.79 Å². The van der Waals surface area contributed by atoms with E-state index in [0.29, 0.717) is 19.4 Å². The number of amides is 2. The lowest BCUT2D eigenvalue weighted by Crippen LogP contribution is -2.48. The lowest BCUT2D eigenvalue weighted by molar-refractivity contribution is -0.143. The minimum atomic E-state index is -0.837. The van der Waals surface area contributed by atoms with E-state index in [-0.39, 0.29) is 24.5 Å². The van der Waals surface area contributed by atoms with Crippen molar-refractivity contribution in [3.63, 3.8) is 0 Å². The Morgan fingerprint density at radius 1 is 1.31 bits per heavy atom. The van der Waals surface area contributed by atoms with E-state index < -0.39 is 11.9 Å². The van der Waals surface area contributed by atoms with Gasteiger partial charge < -0.3 is 19.7 Å². The third-order valence-corrected chi connectivity index (χ3v) is 5.17. The van der Waals surface area contributed by atoms with Crippen LogP contribution in [0.25, 0.3) is 11.0 Å². The Bertz CT molecular complexity index is 811. The molecule has 2 N–H and O–H groups in total. The largest absolute Gasteiger partial charge is 0.481 e. The van der Waals surface area contributed by atoms with Crippen molar-refractivity contribution in [3.8, 4) is 0 Å². The van der Waals surface area contributed by atoms with Gasteiger partial charge in [0, 0.05) is 24.0 Å². The van der Waals surface area contributed by atoms with Crippen LogP contribution in [0.1, 0.15) is 44.1 Å². The lowest BCUT2D eigenvalue weighted by atomic mass is 9.97. The van der Waals surface area contributed by atoms with Gasteiger partial charge in [-0.05, 0) is 31.7 Å². The maximum absolute atomic E-state index is 12.8. The van der Waals surface area contributed by atoms with Crippen LogP contribution >= 0.6 is 0 Å². The zero-order chi connectivity index (χ0) is 18.8. The first-order valence-electron chi connectivity index (χ1n) is 9.14. The number of likely N-dealkylation sites (tertiary alicyclic amines) is 1. The van der Waals surface area contributed by atoms with Gasteiger partial charge in [0.2, 0.25) is 0 Å². The molecule has 6 nitrogen and oxygen atoms in total. The van der Waals surface area contributed by atoms with Gasteiger partial charge in [-0.1, -0.05) is 32.0 Å². The van der Waals surface area contributed by atoms with Crippen molar-refractivity contribution in [2.24, 2.45) is 11.8 Å². The first-order valence-corrected chi connectivity index (χ1v) is 9.14. The second-order valence-electron chi connectivity index (χ2n) is 7.38. The fraction of sp³-hybridized carbons (Fsp3) is 0.500. The van der Waals surface area contributed by atoms with Crippen LogP contribution in [0, 0.1) is 18.8 Å². The van der Waals surface area contributed by atoms with E-state index in [9.17, 15) is 14.7 Å². The fourth-order valence-electron chi connectivity index (χ4n) is 3.61. The highest BCUT2D eigenvalue weighted by atomic mass is 16.4. The number of aryl methyl sites for hydroxylation is 1. The van der Waals surface area contributed by atoms with Gasteiger partial charge in [-0.2, -0.15) is 0 Å². The normalized spacial score (nSPS) is 18.9. The Kier molecular flexibility index (Phi) is 5.20. The number of nitrogens with one attached hydrogen (secondary N) is 1. The third-order valence-electron chi connectivity index (χ3n) is 5.17. The second kappa shape index (κ2) is 7.40. The summed E-state index contributed by atoms with van der Waals surface area (Å²) in [5.74, 6) is -0.421. The van der Waals surface area contributed by atoms with Gasteiger partial charge in [-0.15, -0.1) is 0 Å². The average Bonchev–Trinajstić information content (AvgIpc) is 2.96.